The minimum atomic E-state index is -1.63. The number of nitrogens with zero attached hydrogens (tertiary/aromatic N) is 4. The van der Waals surface area contributed by atoms with Crippen LogP contribution in [0.1, 0.15) is 11.5 Å². The van der Waals surface area contributed by atoms with Crippen LogP contribution in [0.4, 0.5) is 0 Å². The van der Waals surface area contributed by atoms with Crippen molar-refractivity contribution in [3.05, 3.63) is 57.8 Å². The summed E-state index contributed by atoms with van der Waals surface area (Å²) in [5.41, 5.74) is 6.39. The Labute approximate surface area is 151 Å². The first-order valence-electron chi connectivity index (χ1n) is 7.86. The Morgan fingerprint density at radius 2 is 1.92 bits per heavy atom. The molecule has 0 bridgehead atoms. The summed E-state index contributed by atoms with van der Waals surface area (Å²) in [6.45, 7) is 1.30. The molecule has 3 rings (SSSR count). The monoisotopic (exact) mass is 349 g/mol. The highest BCUT2D eigenvalue weighted by molar-refractivity contribution is 6.31. The Hall–Kier alpha value is -2.78. The van der Waals surface area contributed by atoms with Crippen molar-refractivity contribution in [1.29, 1.82) is 15.8 Å². The minimum Gasteiger partial charge on any atom is -0.399 e. The minimum absolute atomic E-state index is 0.0250. The molecule has 0 fully saturated rings. The number of nitriles is 3. The third-order valence-electron chi connectivity index (χ3n) is 5.09. The van der Waals surface area contributed by atoms with Crippen LogP contribution < -0.4 is 5.73 Å². The van der Waals surface area contributed by atoms with Gasteiger partial charge in [0, 0.05) is 29.9 Å². The molecule has 124 valence electrons. The van der Waals surface area contributed by atoms with E-state index < -0.39 is 11.3 Å². The van der Waals surface area contributed by atoms with Crippen LogP contribution in [0.2, 0.25) is 5.02 Å². The summed E-state index contributed by atoms with van der Waals surface area (Å²) in [6.07, 6.45) is 1.96. The average Bonchev–Trinajstić information content (AvgIpc) is 2.62. The lowest BCUT2D eigenvalue weighted by atomic mass is 9.58. The number of rotatable bonds is 1. The van der Waals surface area contributed by atoms with Gasteiger partial charge in [0.1, 0.15) is 6.07 Å². The van der Waals surface area contributed by atoms with Gasteiger partial charge in [0.15, 0.2) is 5.41 Å². The van der Waals surface area contributed by atoms with E-state index in [2.05, 4.69) is 23.1 Å². The molecule has 1 heterocycles. The summed E-state index contributed by atoms with van der Waals surface area (Å²) in [4.78, 5) is 2.09. The Morgan fingerprint density at radius 3 is 2.52 bits per heavy atom. The van der Waals surface area contributed by atoms with Gasteiger partial charge in [0.2, 0.25) is 0 Å². The predicted molar refractivity (Wildman–Crippen MR) is 93.7 cm³/mol. The van der Waals surface area contributed by atoms with E-state index in [1.807, 2.05) is 25.3 Å². The van der Waals surface area contributed by atoms with E-state index in [0.717, 1.165) is 5.57 Å². The van der Waals surface area contributed by atoms with Gasteiger partial charge < -0.3 is 10.6 Å². The van der Waals surface area contributed by atoms with E-state index in [0.29, 0.717) is 23.7 Å². The molecule has 0 spiro atoms. The lowest BCUT2D eigenvalue weighted by molar-refractivity contribution is 0.238. The zero-order valence-corrected chi connectivity index (χ0v) is 14.5. The maximum atomic E-state index is 9.93. The van der Waals surface area contributed by atoms with Gasteiger partial charge in [-0.25, -0.2) is 0 Å². The van der Waals surface area contributed by atoms with Crippen LogP contribution in [-0.2, 0) is 0 Å². The molecule has 2 atom stereocenters. The molecule has 1 aromatic rings. The Bertz CT molecular complexity index is 895. The molecular formula is C19H16ClN5. The quantitative estimate of drug-likeness (QED) is 0.840. The van der Waals surface area contributed by atoms with Crippen molar-refractivity contribution >= 4 is 11.6 Å². The van der Waals surface area contributed by atoms with E-state index >= 15 is 0 Å². The molecule has 0 radical (unpaired) electrons. The van der Waals surface area contributed by atoms with Crippen molar-refractivity contribution in [1.82, 2.24) is 4.90 Å². The third-order valence-corrected chi connectivity index (χ3v) is 5.43. The van der Waals surface area contributed by atoms with Crippen molar-refractivity contribution in [3.8, 4) is 18.2 Å². The molecule has 0 unspecified atom stereocenters. The van der Waals surface area contributed by atoms with Gasteiger partial charge in [-0.1, -0.05) is 35.9 Å². The standard InChI is InChI=1S/C19H16ClN5/c1-25-7-6-12-14(8-21)18(24)19(10-22,11-23)17(15(12)9-25)13-4-2-3-5-16(13)20/h2-6,15,17H,7,9,24H2,1H3/t15-,17-/m1/s1. The van der Waals surface area contributed by atoms with Gasteiger partial charge in [0.25, 0.3) is 0 Å². The summed E-state index contributed by atoms with van der Waals surface area (Å²) in [5.74, 6) is -0.748. The summed E-state index contributed by atoms with van der Waals surface area (Å²) >= 11 is 6.41. The smallest absolute Gasteiger partial charge is 0.191 e. The number of fused-ring (bicyclic) bond motifs is 1. The van der Waals surface area contributed by atoms with Crippen LogP contribution in [0, 0.1) is 45.3 Å². The van der Waals surface area contributed by atoms with E-state index in [9.17, 15) is 15.8 Å². The van der Waals surface area contributed by atoms with Crippen LogP contribution in [0.15, 0.2) is 47.2 Å². The fourth-order valence-electron chi connectivity index (χ4n) is 3.90. The zero-order valence-electron chi connectivity index (χ0n) is 13.7. The lowest BCUT2D eigenvalue weighted by Gasteiger charge is -2.45. The predicted octanol–water partition coefficient (Wildman–Crippen LogP) is 2.70. The lowest BCUT2D eigenvalue weighted by Crippen LogP contribution is -2.47. The topological polar surface area (TPSA) is 101 Å². The number of nitrogens with two attached hydrogens (primary N) is 1. The molecule has 0 saturated carbocycles. The highest BCUT2D eigenvalue weighted by Crippen LogP contribution is 2.55. The first-order valence-corrected chi connectivity index (χ1v) is 8.24. The van der Waals surface area contributed by atoms with Crippen LogP contribution in [0.25, 0.3) is 0 Å². The molecule has 25 heavy (non-hydrogen) atoms. The summed E-state index contributed by atoms with van der Waals surface area (Å²) in [7, 11) is 1.96. The molecule has 0 saturated heterocycles. The second-order valence-corrected chi connectivity index (χ2v) is 6.83. The van der Waals surface area contributed by atoms with Crippen molar-refractivity contribution in [2.45, 2.75) is 5.92 Å². The van der Waals surface area contributed by atoms with Crippen molar-refractivity contribution in [2.24, 2.45) is 17.1 Å². The number of hydrogen-bond donors (Lipinski definition) is 1. The van der Waals surface area contributed by atoms with E-state index in [1.54, 1.807) is 12.1 Å². The molecule has 2 aliphatic rings. The van der Waals surface area contributed by atoms with Gasteiger partial charge in [-0.15, -0.1) is 0 Å². The number of halogens is 1. The number of hydrogen-bond acceptors (Lipinski definition) is 5. The molecule has 6 heteroatoms. The van der Waals surface area contributed by atoms with Crippen molar-refractivity contribution < 1.29 is 0 Å². The van der Waals surface area contributed by atoms with Crippen molar-refractivity contribution in [2.75, 3.05) is 20.1 Å². The van der Waals surface area contributed by atoms with Gasteiger partial charge in [0.05, 0.1) is 23.4 Å². The van der Waals surface area contributed by atoms with E-state index in [-0.39, 0.29) is 17.2 Å². The summed E-state index contributed by atoms with van der Waals surface area (Å²) in [5, 5.41) is 30.0. The average molecular weight is 350 g/mol. The van der Waals surface area contributed by atoms with Gasteiger partial charge in [-0.05, 0) is 24.3 Å². The molecule has 2 N–H and O–H groups in total. The van der Waals surface area contributed by atoms with Crippen LogP contribution >= 0.6 is 11.6 Å². The van der Waals surface area contributed by atoms with E-state index in [1.165, 1.54) is 0 Å². The molecule has 1 aliphatic carbocycles. The number of benzene rings is 1. The Morgan fingerprint density at radius 1 is 1.24 bits per heavy atom. The second-order valence-electron chi connectivity index (χ2n) is 6.42. The van der Waals surface area contributed by atoms with Crippen LogP contribution in [-0.4, -0.2) is 25.0 Å². The molecule has 0 amide bonds. The van der Waals surface area contributed by atoms with Crippen LogP contribution in [0.3, 0.4) is 0 Å². The number of likely N-dealkylation sites (N-methyl/N-ethyl adjacent to an activating group) is 1. The normalized spacial score (nSPS) is 25.2. The van der Waals surface area contributed by atoms with Gasteiger partial charge in [-0.2, -0.15) is 15.8 Å². The van der Waals surface area contributed by atoms with Gasteiger partial charge >= 0.3 is 0 Å². The third kappa shape index (κ3) is 2.39. The first-order chi connectivity index (χ1) is 12.0. The Balaban J connectivity index is 2.37. The first kappa shape index (κ1) is 17.1. The van der Waals surface area contributed by atoms with Crippen LogP contribution in [0.5, 0.6) is 0 Å². The zero-order chi connectivity index (χ0) is 18.2. The van der Waals surface area contributed by atoms with Crippen molar-refractivity contribution in [3.63, 3.8) is 0 Å². The molecule has 5 nitrogen and oxygen atoms in total. The fraction of sp³-hybridized carbons (Fsp3) is 0.316. The maximum absolute atomic E-state index is 9.93. The SMILES string of the molecule is CN1CC=C2C(C#N)=C(N)C(C#N)(C#N)[C@H](c3ccccc3Cl)[C@@H]2C1. The van der Waals surface area contributed by atoms with E-state index in [4.69, 9.17) is 17.3 Å². The fourth-order valence-corrected chi connectivity index (χ4v) is 4.15. The summed E-state index contributed by atoms with van der Waals surface area (Å²) < 4.78 is 0. The molecule has 0 aromatic heterocycles. The highest BCUT2D eigenvalue weighted by atomic mass is 35.5. The second kappa shape index (κ2) is 6.26. The number of allylic oxidation sites excluding steroid dienone is 2. The maximum Gasteiger partial charge on any atom is 0.191 e. The Kier molecular flexibility index (Phi) is 4.27. The molecule has 1 aliphatic heterocycles. The largest absolute Gasteiger partial charge is 0.399 e. The molecular weight excluding hydrogens is 334 g/mol. The highest BCUT2D eigenvalue weighted by Gasteiger charge is 2.54. The van der Waals surface area contributed by atoms with Gasteiger partial charge in [-0.3, -0.25) is 0 Å². The molecule has 1 aromatic carbocycles. The summed E-state index contributed by atoms with van der Waals surface area (Å²) in [6, 6.07) is 13.5.